The minimum absolute atomic E-state index is 0.658. The van der Waals surface area contributed by atoms with Gasteiger partial charge in [-0.05, 0) is 24.3 Å². The van der Waals surface area contributed by atoms with E-state index in [4.69, 9.17) is 5.26 Å². The first-order valence-corrected chi connectivity index (χ1v) is 5.98. The Morgan fingerprint density at radius 1 is 0.947 bits per heavy atom. The van der Waals surface area contributed by atoms with E-state index in [9.17, 15) is 0 Å². The lowest BCUT2D eigenvalue weighted by molar-refractivity contribution is 1.07. The molecule has 0 spiro atoms. The monoisotopic (exact) mass is 245 g/mol. The van der Waals surface area contributed by atoms with Crippen LogP contribution in [0.25, 0.3) is 17.1 Å². The van der Waals surface area contributed by atoms with E-state index in [1.165, 1.54) is 0 Å². The highest BCUT2D eigenvalue weighted by molar-refractivity contribution is 5.58. The first-order valence-electron chi connectivity index (χ1n) is 5.98. The van der Waals surface area contributed by atoms with E-state index in [1.54, 1.807) is 6.20 Å². The lowest BCUT2D eigenvalue weighted by Gasteiger charge is -2.07. The lowest BCUT2D eigenvalue weighted by Crippen LogP contribution is -1.96. The molecule has 0 atom stereocenters. The molecule has 1 aromatic heterocycles. The SMILES string of the molecule is N#Cc1ccc(-n2ccnc2-c2ccccc2)cc1. The number of imidazole rings is 1. The van der Waals surface area contributed by atoms with Crippen LogP contribution in [-0.2, 0) is 0 Å². The van der Waals surface area contributed by atoms with Crippen LogP contribution in [0.5, 0.6) is 0 Å². The Labute approximate surface area is 111 Å². The van der Waals surface area contributed by atoms with Gasteiger partial charge in [0.15, 0.2) is 0 Å². The zero-order chi connectivity index (χ0) is 13.1. The molecule has 1 heterocycles. The van der Waals surface area contributed by atoms with Gasteiger partial charge in [0, 0.05) is 23.6 Å². The Hall–Kier alpha value is -2.86. The molecule has 90 valence electrons. The maximum atomic E-state index is 8.82. The summed E-state index contributed by atoms with van der Waals surface area (Å²) < 4.78 is 2.01. The fraction of sp³-hybridized carbons (Fsp3) is 0. The van der Waals surface area contributed by atoms with Crippen LogP contribution < -0.4 is 0 Å². The summed E-state index contributed by atoms with van der Waals surface area (Å²) in [6.45, 7) is 0. The number of nitrogens with zero attached hydrogens (tertiary/aromatic N) is 3. The number of nitriles is 1. The summed E-state index contributed by atoms with van der Waals surface area (Å²) >= 11 is 0. The summed E-state index contributed by atoms with van der Waals surface area (Å²) in [7, 11) is 0. The fourth-order valence-electron chi connectivity index (χ4n) is 2.01. The van der Waals surface area contributed by atoms with E-state index in [1.807, 2.05) is 65.4 Å². The van der Waals surface area contributed by atoms with E-state index in [0.29, 0.717) is 5.56 Å². The average Bonchev–Trinajstić information content (AvgIpc) is 2.98. The van der Waals surface area contributed by atoms with E-state index in [0.717, 1.165) is 17.1 Å². The summed E-state index contributed by atoms with van der Waals surface area (Å²) in [5.74, 6) is 0.894. The predicted molar refractivity (Wildman–Crippen MR) is 73.7 cm³/mol. The van der Waals surface area contributed by atoms with Crippen molar-refractivity contribution in [3.05, 3.63) is 72.6 Å². The average molecular weight is 245 g/mol. The van der Waals surface area contributed by atoms with Gasteiger partial charge in [-0.2, -0.15) is 5.26 Å². The zero-order valence-corrected chi connectivity index (χ0v) is 10.2. The highest BCUT2D eigenvalue weighted by Gasteiger charge is 2.06. The molecular formula is C16H11N3. The number of hydrogen-bond acceptors (Lipinski definition) is 2. The van der Waals surface area contributed by atoms with Crippen LogP contribution in [0.2, 0.25) is 0 Å². The summed E-state index contributed by atoms with van der Waals surface area (Å²) in [4.78, 5) is 4.40. The Bertz CT molecular complexity index is 719. The highest BCUT2D eigenvalue weighted by atomic mass is 15.1. The molecule has 19 heavy (non-hydrogen) atoms. The number of benzene rings is 2. The van der Waals surface area contributed by atoms with Crippen molar-refractivity contribution in [1.82, 2.24) is 9.55 Å². The molecule has 3 nitrogen and oxygen atoms in total. The van der Waals surface area contributed by atoms with Crippen LogP contribution in [0.15, 0.2) is 67.0 Å². The second-order valence-corrected chi connectivity index (χ2v) is 4.15. The minimum atomic E-state index is 0.658. The molecule has 0 N–H and O–H groups in total. The molecule has 0 bridgehead atoms. The van der Waals surface area contributed by atoms with Crippen molar-refractivity contribution >= 4 is 0 Å². The van der Waals surface area contributed by atoms with Crippen molar-refractivity contribution in [2.75, 3.05) is 0 Å². The van der Waals surface area contributed by atoms with Gasteiger partial charge < -0.3 is 0 Å². The van der Waals surface area contributed by atoms with Crippen molar-refractivity contribution in [3.8, 4) is 23.1 Å². The van der Waals surface area contributed by atoms with E-state index in [2.05, 4.69) is 11.1 Å². The molecule has 0 aliphatic rings. The summed E-state index contributed by atoms with van der Waals surface area (Å²) in [5.41, 5.74) is 2.72. The fourth-order valence-corrected chi connectivity index (χ4v) is 2.01. The summed E-state index contributed by atoms with van der Waals surface area (Å²) in [5, 5.41) is 8.82. The molecule has 2 aromatic carbocycles. The number of aromatic nitrogens is 2. The van der Waals surface area contributed by atoms with Crippen molar-refractivity contribution in [2.24, 2.45) is 0 Å². The molecule has 3 rings (SSSR count). The second kappa shape index (κ2) is 4.79. The zero-order valence-electron chi connectivity index (χ0n) is 10.2. The molecule has 0 saturated carbocycles. The minimum Gasteiger partial charge on any atom is -0.300 e. The van der Waals surface area contributed by atoms with Crippen LogP contribution in [-0.4, -0.2) is 9.55 Å². The molecule has 0 unspecified atom stereocenters. The molecule has 0 radical (unpaired) electrons. The largest absolute Gasteiger partial charge is 0.300 e. The molecule has 0 aliphatic heterocycles. The van der Waals surface area contributed by atoms with E-state index in [-0.39, 0.29) is 0 Å². The summed E-state index contributed by atoms with van der Waals surface area (Å²) in [6.07, 6.45) is 3.70. The first-order chi connectivity index (χ1) is 9.38. The van der Waals surface area contributed by atoms with Crippen molar-refractivity contribution in [1.29, 1.82) is 5.26 Å². The van der Waals surface area contributed by atoms with Gasteiger partial charge in [0.05, 0.1) is 11.6 Å². The van der Waals surface area contributed by atoms with Crippen molar-refractivity contribution < 1.29 is 0 Å². The Kier molecular flexibility index (Phi) is 2.83. The maximum absolute atomic E-state index is 8.82. The third kappa shape index (κ3) is 2.12. The smallest absolute Gasteiger partial charge is 0.144 e. The van der Waals surface area contributed by atoms with Crippen LogP contribution in [0.4, 0.5) is 0 Å². The van der Waals surface area contributed by atoms with Gasteiger partial charge in [0.25, 0.3) is 0 Å². The Morgan fingerprint density at radius 3 is 2.37 bits per heavy atom. The number of hydrogen-bond donors (Lipinski definition) is 0. The standard InChI is InChI=1S/C16H11N3/c17-12-13-6-8-15(9-7-13)19-11-10-18-16(19)14-4-2-1-3-5-14/h1-11H. The highest BCUT2D eigenvalue weighted by Crippen LogP contribution is 2.21. The van der Waals surface area contributed by atoms with Gasteiger partial charge >= 0.3 is 0 Å². The Balaban J connectivity index is 2.07. The van der Waals surface area contributed by atoms with E-state index < -0.39 is 0 Å². The van der Waals surface area contributed by atoms with E-state index >= 15 is 0 Å². The van der Waals surface area contributed by atoms with Gasteiger partial charge in [-0.25, -0.2) is 4.98 Å². The van der Waals surface area contributed by atoms with Crippen LogP contribution in [0.3, 0.4) is 0 Å². The molecular weight excluding hydrogens is 234 g/mol. The van der Waals surface area contributed by atoms with Crippen molar-refractivity contribution in [3.63, 3.8) is 0 Å². The van der Waals surface area contributed by atoms with Gasteiger partial charge in [-0.3, -0.25) is 4.57 Å². The van der Waals surface area contributed by atoms with Gasteiger partial charge in [0.2, 0.25) is 0 Å². The Morgan fingerprint density at radius 2 is 1.68 bits per heavy atom. The lowest BCUT2D eigenvalue weighted by atomic mass is 10.2. The van der Waals surface area contributed by atoms with Crippen LogP contribution >= 0.6 is 0 Å². The molecule has 3 heteroatoms. The van der Waals surface area contributed by atoms with Crippen LogP contribution in [0.1, 0.15) is 5.56 Å². The molecule has 0 amide bonds. The summed E-state index contributed by atoms with van der Waals surface area (Å²) in [6, 6.07) is 19.6. The molecule has 0 aliphatic carbocycles. The first kappa shape index (κ1) is 11.2. The van der Waals surface area contributed by atoms with Gasteiger partial charge in [-0.1, -0.05) is 30.3 Å². The van der Waals surface area contributed by atoms with Crippen molar-refractivity contribution in [2.45, 2.75) is 0 Å². The third-order valence-corrected chi connectivity index (χ3v) is 2.95. The number of rotatable bonds is 2. The normalized spacial score (nSPS) is 10.1. The second-order valence-electron chi connectivity index (χ2n) is 4.15. The maximum Gasteiger partial charge on any atom is 0.144 e. The van der Waals surface area contributed by atoms with Crippen LogP contribution in [0, 0.1) is 11.3 Å². The quantitative estimate of drug-likeness (QED) is 0.694. The molecule has 3 aromatic rings. The van der Waals surface area contributed by atoms with Gasteiger partial charge in [0.1, 0.15) is 5.82 Å². The van der Waals surface area contributed by atoms with Gasteiger partial charge in [-0.15, -0.1) is 0 Å². The topological polar surface area (TPSA) is 41.6 Å². The molecule has 0 saturated heterocycles. The predicted octanol–water partition coefficient (Wildman–Crippen LogP) is 3.41. The molecule has 0 fully saturated rings. The third-order valence-electron chi connectivity index (χ3n) is 2.95.